The third-order valence-electron chi connectivity index (χ3n) is 3.11. The van der Waals surface area contributed by atoms with Gasteiger partial charge in [0.2, 0.25) is 0 Å². The highest BCUT2D eigenvalue weighted by molar-refractivity contribution is 7.99. The predicted molar refractivity (Wildman–Crippen MR) is 73.1 cm³/mol. The molecule has 4 rings (SSSR count). The third kappa shape index (κ3) is 1.34. The minimum atomic E-state index is 1.02. The monoisotopic (exact) mass is 250 g/mol. The Morgan fingerprint density at radius 2 is 1.67 bits per heavy atom. The minimum Gasteiger partial charge on any atom is -0.299 e. The Hall–Kier alpha value is -2.00. The van der Waals surface area contributed by atoms with Gasteiger partial charge < -0.3 is 0 Å². The largest absolute Gasteiger partial charge is 0.299 e. The summed E-state index contributed by atoms with van der Waals surface area (Å²) >= 11 is 1.80. The van der Waals surface area contributed by atoms with E-state index in [1.54, 1.807) is 11.8 Å². The normalized spacial score (nSPS) is 12.2. The van der Waals surface area contributed by atoms with Crippen molar-refractivity contribution in [2.75, 3.05) is 0 Å². The summed E-state index contributed by atoms with van der Waals surface area (Å²) < 4.78 is 2.16. The summed E-state index contributed by atoms with van der Waals surface area (Å²) in [6.45, 7) is 0. The van der Waals surface area contributed by atoms with Gasteiger partial charge in [0.05, 0.1) is 5.69 Å². The summed E-state index contributed by atoms with van der Waals surface area (Å²) in [6.07, 6.45) is 3.88. The first-order valence-corrected chi connectivity index (χ1v) is 6.65. The summed E-state index contributed by atoms with van der Waals surface area (Å²) in [5, 5.41) is 0. The predicted octanol–water partition coefficient (Wildman–Crippen LogP) is 4.00. The van der Waals surface area contributed by atoms with E-state index in [0.29, 0.717) is 0 Å². The van der Waals surface area contributed by atoms with Crippen LogP contribution in [0.15, 0.2) is 70.7 Å². The van der Waals surface area contributed by atoms with Gasteiger partial charge in [-0.25, -0.2) is 4.98 Å². The number of rotatable bonds is 0. The fraction of sp³-hybridized carbons (Fsp3) is 0. The molecule has 3 aromatic rings. The average Bonchev–Trinajstić information content (AvgIpc) is 2.84. The van der Waals surface area contributed by atoms with E-state index in [0.717, 1.165) is 5.82 Å². The van der Waals surface area contributed by atoms with E-state index in [2.05, 4.69) is 58.1 Å². The Morgan fingerprint density at radius 3 is 2.61 bits per heavy atom. The summed E-state index contributed by atoms with van der Waals surface area (Å²) in [4.78, 5) is 7.03. The van der Waals surface area contributed by atoms with Crippen molar-refractivity contribution in [3.8, 4) is 17.1 Å². The molecule has 0 N–H and O–H groups in total. The van der Waals surface area contributed by atoms with Gasteiger partial charge in [0.1, 0.15) is 5.82 Å². The van der Waals surface area contributed by atoms with Gasteiger partial charge in [-0.05, 0) is 18.2 Å². The molecule has 3 heteroatoms. The zero-order chi connectivity index (χ0) is 11.9. The number of hydrogen-bond donors (Lipinski definition) is 0. The average molecular weight is 250 g/mol. The lowest BCUT2D eigenvalue weighted by atomic mass is 10.2. The molecule has 0 saturated carbocycles. The van der Waals surface area contributed by atoms with Gasteiger partial charge in [-0.2, -0.15) is 0 Å². The number of benzene rings is 2. The summed E-state index contributed by atoms with van der Waals surface area (Å²) in [5.41, 5.74) is 2.40. The van der Waals surface area contributed by atoms with E-state index in [1.807, 2.05) is 12.4 Å². The van der Waals surface area contributed by atoms with Crippen molar-refractivity contribution >= 4 is 11.8 Å². The van der Waals surface area contributed by atoms with Crippen LogP contribution in [0.1, 0.15) is 0 Å². The SMILES string of the molecule is c1ccc2c(c1)Sc1ccccc1-n1ccnc1-2. The highest BCUT2D eigenvalue weighted by atomic mass is 32.2. The molecule has 86 valence electrons. The fourth-order valence-electron chi connectivity index (χ4n) is 2.30. The molecule has 0 fully saturated rings. The van der Waals surface area contributed by atoms with Crippen molar-refractivity contribution in [3.05, 3.63) is 60.9 Å². The number of imidazole rings is 1. The number of hydrogen-bond acceptors (Lipinski definition) is 2. The highest BCUT2D eigenvalue weighted by Gasteiger charge is 2.19. The van der Waals surface area contributed by atoms with Gasteiger partial charge in [-0.3, -0.25) is 4.57 Å². The maximum absolute atomic E-state index is 4.51. The smallest absolute Gasteiger partial charge is 0.145 e. The molecule has 18 heavy (non-hydrogen) atoms. The first-order chi connectivity index (χ1) is 8.93. The molecule has 1 aliphatic heterocycles. The van der Waals surface area contributed by atoms with Crippen LogP contribution >= 0.6 is 11.8 Å². The molecule has 2 aromatic carbocycles. The molecule has 0 unspecified atom stereocenters. The molecule has 1 aliphatic rings. The van der Waals surface area contributed by atoms with Crippen LogP contribution in [-0.2, 0) is 0 Å². The maximum Gasteiger partial charge on any atom is 0.145 e. The van der Waals surface area contributed by atoms with Crippen LogP contribution in [0.4, 0.5) is 0 Å². The van der Waals surface area contributed by atoms with Crippen molar-refractivity contribution in [3.63, 3.8) is 0 Å². The second-order valence-corrected chi connectivity index (χ2v) is 5.27. The Labute approximate surface area is 109 Å². The molecule has 0 atom stereocenters. The summed E-state index contributed by atoms with van der Waals surface area (Å²) in [7, 11) is 0. The highest BCUT2D eigenvalue weighted by Crippen LogP contribution is 2.42. The molecular formula is C15H10N2S. The maximum atomic E-state index is 4.51. The first-order valence-electron chi connectivity index (χ1n) is 5.83. The van der Waals surface area contributed by atoms with Gasteiger partial charge in [-0.1, -0.05) is 42.1 Å². The van der Waals surface area contributed by atoms with Crippen LogP contribution in [-0.4, -0.2) is 9.55 Å². The quantitative estimate of drug-likeness (QED) is 0.469. The second kappa shape index (κ2) is 3.75. The van der Waals surface area contributed by atoms with Gasteiger partial charge in [-0.15, -0.1) is 0 Å². The van der Waals surface area contributed by atoms with E-state index in [-0.39, 0.29) is 0 Å². The molecule has 0 bridgehead atoms. The molecule has 2 heterocycles. The van der Waals surface area contributed by atoms with Crippen molar-refractivity contribution in [2.24, 2.45) is 0 Å². The molecule has 0 amide bonds. The van der Waals surface area contributed by atoms with Crippen LogP contribution in [0.3, 0.4) is 0 Å². The lowest BCUT2D eigenvalue weighted by Crippen LogP contribution is -1.95. The Balaban J connectivity index is 2.12. The van der Waals surface area contributed by atoms with E-state index in [1.165, 1.54) is 21.0 Å². The zero-order valence-electron chi connectivity index (χ0n) is 9.58. The van der Waals surface area contributed by atoms with Crippen molar-refractivity contribution in [1.82, 2.24) is 9.55 Å². The minimum absolute atomic E-state index is 1.02. The Kier molecular flexibility index (Phi) is 2.08. The van der Waals surface area contributed by atoms with Crippen LogP contribution in [0.2, 0.25) is 0 Å². The van der Waals surface area contributed by atoms with Crippen LogP contribution in [0, 0.1) is 0 Å². The van der Waals surface area contributed by atoms with Crippen molar-refractivity contribution < 1.29 is 0 Å². The fourth-order valence-corrected chi connectivity index (χ4v) is 3.37. The Morgan fingerprint density at radius 1 is 0.889 bits per heavy atom. The van der Waals surface area contributed by atoms with Gasteiger partial charge in [0, 0.05) is 27.7 Å². The lowest BCUT2D eigenvalue weighted by Gasteiger charge is -2.07. The first kappa shape index (κ1) is 9.97. The van der Waals surface area contributed by atoms with Gasteiger partial charge in [0.25, 0.3) is 0 Å². The summed E-state index contributed by atoms with van der Waals surface area (Å²) in [5.74, 6) is 1.02. The van der Waals surface area contributed by atoms with Crippen LogP contribution in [0.25, 0.3) is 17.1 Å². The van der Waals surface area contributed by atoms with E-state index in [4.69, 9.17) is 0 Å². The topological polar surface area (TPSA) is 17.8 Å². The molecule has 0 saturated heterocycles. The Bertz CT molecular complexity index is 671. The van der Waals surface area contributed by atoms with E-state index in [9.17, 15) is 0 Å². The number of para-hydroxylation sites is 1. The number of fused-ring (bicyclic) bond motifs is 5. The third-order valence-corrected chi connectivity index (χ3v) is 4.25. The van der Waals surface area contributed by atoms with E-state index >= 15 is 0 Å². The molecule has 1 aromatic heterocycles. The van der Waals surface area contributed by atoms with Gasteiger partial charge >= 0.3 is 0 Å². The van der Waals surface area contributed by atoms with Crippen molar-refractivity contribution in [1.29, 1.82) is 0 Å². The van der Waals surface area contributed by atoms with Gasteiger partial charge in [0.15, 0.2) is 0 Å². The summed E-state index contributed by atoms with van der Waals surface area (Å²) in [6, 6.07) is 16.9. The molecular weight excluding hydrogens is 240 g/mol. The number of aromatic nitrogens is 2. The lowest BCUT2D eigenvalue weighted by molar-refractivity contribution is 1.04. The molecule has 0 radical (unpaired) electrons. The second-order valence-electron chi connectivity index (χ2n) is 4.19. The molecule has 0 spiro atoms. The van der Waals surface area contributed by atoms with E-state index < -0.39 is 0 Å². The standard InChI is InChI=1S/C15H10N2S/c1-3-7-13-11(5-1)15-16-9-10-17(15)12-6-2-4-8-14(12)18-13/h1-10H. The van der Waals surface area contributed by atoms with Crippen LogP contribution < -0.4 is 0 Å². The molecule has 2 nitrogen and oxygen atoms in total. The molecule has 0 aliphatic carbocycles. The zero-order valence-corrected chi connectivity index (χ0v) is 10.4. The number of nitrogens with zero attached hydrogens (tertiary/aromatic N) is 2. The van der Waals surface area contributed by atoms with Crippen LogP contribution in [0.5, 0.6) is 0 Å². The van der Waals surface area contributed by atoms with Crippen molar-refractivity contribution in [2.45, 2.75) is 9.79 Å².